The van der Waals surface area contributed by atoms with Crippen molar-refractivity contribution in [1.82, 2.24) is 0 Å². The van der Waals surface area contributed by atoms with Gasteiger partial charge in [-0.25, -0.2) is 0 Å². The Bertz CT molecular complexity index is 950. The van der Waals surface area contributed by atoms with E-state index in [1.807, 2.05) is 27.7 Å². The molecule has 6 rings (SSSR count). The third-order valence-electron chi connectivity index (χ3n) is 9.97. The summed E-state index contributed by atoms with van der Waals surface area (Å²) in [7, 11) is 0. The van der Waals surface area contributed by atoms with E-state index in [2.05, 4.69) is 0 Å². The third-order valence-corrected chi connectivity index (χ3v) is 15.3. The summed E-state index contributed by atoms with van der Waals surface area (Å²) < 4.78 is 25.4. The molecule has 0 N–H and O–H groups in total. The van der Waals surface area contributed by atoms with Gasteiger partial charge in [-0.05, 0) is 69.6 Å². The summed E-state index contributed by atoms with van der Waals surface area (Å²) in [6.45, 7) is 8.66. The van der Waals surface area contributed by atoms with E-state index in [0.717, 1.165) is 6.42 Å². The van der Waals surface area contributed by atoms with Gasteiger partial charge in [0.25, 0.3) is 0 Å². The van der Waals surface area contributed by atoms with Crippen molar-refractivity contribution in [2.75, 3.05) is 26.4 Å². The number of hydrogen-bond donors (Lipinski definition) is 0. The van der Waals surface area contributed by atoms with E-state index >= 15 is 0 Å². The molecule has 0 aromatic heterocycles. The molecule has 4 saturated carbocycles. The van der Waals surface area contributed by atoms with Crippen LogP contribution < -0.4 is 0 Å². The van der Waals surface area contributed by atoms with E-state index in [1.165, 1.54) is 0 Å². The Morgan fingerprint density at radius 3 is 0.919 bits per heavy atom. The van der Waals surface area contributed by atoms with E-state index in [1.54, 1.807) is 0 Å². The molecule has 12 heteroatoms. The zero-order chi connectivity index (χ0) is 27.1. The van der Waals surface area contributed by atoms with Crippen molar-refractivity contribution in [1.29, 1.82) is 0 Å². The summed E-state index contributed by atoms with van der Waals surface area (Å²) in [5.74, 6) is -4.24. The van der Waals surface area contributed by atoms with Crippen molar-refractivity contribution in [2.45, 2.75) is 65.2 Å². The molecule has 0 aromatic rings. The van der Waals surface area contributed by atoms with Gasteiger partial charge in [0.1, 0.15) is 19.5 Å². The second kappa shape index (κ2) is 8.60. The molecule has 8 unspecified atom stereocenters. The Hall–Kier alpha value is 1.64. The zero-order valence-electron chi connectivity index (χ0n) is 20.7. The van der Waals surface area contributed by atoms with E-state index in [9.17, 15) is 0 Å². The fourth-order valence-corrected chi connectivity index (χ4v) is 14.0. The number of fused-ring (bicyclic) bond motifs is 16. The van der Waals surface area contributed by atoms with Crippen molar-refractivity contribution in [3.63, 3.8) is 0 Å². The molecule has 0 aliphatic heterocycles. The molecule has 4 nitrogen and oxygen atoms in total. The molecular formula is C25H28Cl8O4. The Labute approximate surface area is 257 Å². The topological polar surface area (TPSA) is 36.9 Å². The highest BCUT2D eigenvalue weighted by Gasteiger charge is 2.96. The average Bonchev–Trinajstić information content (AvgIpc) is 3.57. The van der Waals surface area contributed by atoms with Crippen molar-refractivity contribution >= 4 is 92.8 Å². The summed E-state index contributed by atoms with van der Waals surface area (Å²) in [5, 5.41) is 1.02. The molecule has 0 spiro atoms. The molecule has 4 fully saturated rings. The van der Waals surface area contributed by atoms with Gasteiger partial charge in [-0.2, -0.15) is 0 Å². The minimum absolute atomic E-state index is 0.103. The van der Waals surface area contributed by atoms with Gasteiger partial charge in [0, 0.05) is 26.4 Å². The van der Waals surface area contributed by atoms with Gasteiger partial charge >= 0.3 is 0 Å². The Kier molecular flexibility index (Phi) is 6.68. The van der Waals surface area contributed by atoms with Gasteiger partial charge in [0.2, 0.25) is 11.6 Å². The maximum Gasteiger partial charge on any atom is 0.218 e. The number of rotatable bonds is 8. The van der Waals surface area contributed by atoms with Gasteiger partial charge in [-0.15, -0.1) is 46.4 Å². The van der Waals surface area contributed by atoms with Crippen LogP contribution >= 0.6 is 92.8 Å². The van der Waals surface area contributed by atoms with Crippen LogP contribution in [-0.4, -0.2) is 57.5 Å². The molecule has 0 aromatic carbocycles. The van der Waals surface area contributed by atoms with Crippen molar-refractivity contribution in [2.24, 2.45) is 35.5 Å². The average molecular weight is 676 g/mol. The van der Waals surface area contributed by atoms with Crippen molar-refractivity contribution in [3.8, 4) is 0 Å². The first-order chi connectivity index (χ1) is 17.3. The smallest absolute Gasteiger partial charge is 0.218 e. The molecule has 0 radical (unpaired) electrons. The molecule has 37 heavy (non-hydrogen) atoms. The van der Waals surface area contributed by atoms with Crippen LogP contribution in [0.25, 0.3) is 0 Å². The fraction of sp³-hybridized carbons (Fsp3) is 0.840. The summed E-state index contributed by atoms with van der Waals surface area (Å²) in [4.78, 5) is -5.32. The van der Waals surface area contributed by atoms with Gasteiger partial charge in [0.05, 0.1) is 20.1 Å². The lowest BCUT2D eigenvalue weighted by molar-refractivity contribution is -0.252. The van der Waals surface area contributed by atoms with Crippen LogP contribution in [0.5, 0.6) is 0 Å². The maximum atomic E-state index is 7.62. The summed E-state index contributed by atoms with van der Waals surface area (Å²) >= 11 is 58.3. The van der Waals surface area contributed by atoms with Crippen LogP contribution in [0.3, 0.4) is 0 Å². The highest BCUT2D eigenvalue weighted by atomic mass is 35.5. The first kappa shape index (κ1) is 28.7. The highest BCUT2D eigenvalue weighted by molar-refractivity contribution is 6.53. The predicted molar refractivity (Wildman–Crippen MR) is 149 cm³/mol. The first-order valence-corrected chi connectivity index (χ1v) is 15.8. The number of ether oxygens (including phenoxy) is 4. The molecule has 0 heterocycles. The lowest BCUT2D eigenvalue weighted by atomic mass is 9.61. The molecule has 0 amide bonds. The van der Waals surface area contributed by atoms with Gasteiger partial charge in [-0.3, -0.25) is 0 Å². The maximum absolute atomic E-state index is 7.62. The number of halogens is 8. The molecule has 6 aliphatic rings. The molecule has 6 aliphatic carbocycles. The lowest BCUT2D eigenvalue weighted by Gasteiger charge is -2.48. The minimum atomic E-state index is -1.47. The summed E-state index contributed by atoms with van der Waals surface area (Å²) in [6.07, 6.45) is 0.752. The molecular weight excluding hydrogens is 648 g/mol. The van der Waals surface area contributed by atoms with Crippen LogP contribution in [0.1, 0.15) is 34.1 Å². The van der Waals surface area contributed by atoms with Crippen molar-refractivity contribution < 1.29 is 18.9 Å². The monoisotopic (exact) mass is 672 g/mol. The van der Waals surface area contributed by atoms with Crippen LogP contribution in [0.2, 0.25) is 0 Å². The zero-order valence-corrected chi connectivity index (χ0v) is 26.7. The normalized spacial score (nSPS) is 51.6. The second-order valence-corrected chi connectivity index (χ2v) is 14.6. The van der Waals surface area contributed by atoms with Crippen LogP contribution in [0.4, 0.5) is 0 Å². The summed E-state index contributed by atoms with van der Waals surface area (Å²) in [6, 6.07) is 0. The molecule has 208 valence electrons. The Balaban J connectivity index is 1.59. The molecule has 0 saturated heterocycles. The number of hydrogen-bond acceptors (Lipinski definition) is 4. The standard InChI is InChI=1S/C25H28Cl8O4/c1-5-34-24(35-6-2)20(30)12-10-9-11(13(12)21(24,31)17(27)16(20)26)15-14(10)22(32)18(28)19(29)23(15,33)25(22,36-7-3)37-8-4/h10-15H,5-9H2,1-4H3. The van der Waals surface area contributed by atoms with E-state index < -0.39 is 31.1 Å². The Morgan fingerprint density at radius 2 is 0.730 bits per heavy atom. The lowest BCUT2D eigenvalue weighted by Crippen LogP contribution is -2.61. The Morgan fingerprint density at radius 1 is 0.514 bits per heavy atom. The highest BCUT2D eigenvalue weighted by Crippen LogP contribution is 2.89. The van der Waals surface area contributed by atoms with Crippen LogP contribution in [-0.2, 0) is 18.9 Å². The predicted octanol–water partition coefficient (Wildman–Crippen LogP) is 7.98. The van der Waals surface area contributed by atoms with Gasteiger partial charge < -0.3 is 18.9 Å². The largest absolute Gasteiger partial charge is 0.346 e. The SMILES string of the molecule is CCOC1(OCC)C2(Cl)C(Cl)=C(Cl)C1(Cl)C1C3CC(C12)C1C3C2(Cl)C(Cl)=C(Cl)C1(Cl)C2(OCC)OCC. The summed E-state index contributed by atoms with van der Waals surface area (Å²) in [5.41, 5.74) is 0. The van der Waals surface area contributed by atoms with Gasteiger partial charge in [-0.1, -0.05) is 46.4 Å². The van der Waals surface area contributed by atoms with Crippen LogP contribution in [0, 0.1) is 35.5 Å². The van der Waals surface area contributed by atoms with E-state index in [4.69, 9.17) is 112 Å². The first-order valence-electron chi connectivity index (χ1n) is 12.8. The quantitative estimate of drug-likeness (QED) is 0.149. The van der Waals surface area contributed by atoms with E-state index in [-0.39, 0.29) is 55.6 Å². The van der Waals surface area contributed by atoms with Crippen molar-refractivity contribution in [3.05, 3.63) is 20.1 Å². The second-order valence-electron chi connectivity index (χ2n) is 10.7. The minimum Gasteiger partial charge on any atom is -0.346 e. The number of alkyl halides is 4. The van der Waals surface area contributed by atoms with E-state index in [0.29, 0.717) is 26.4 Å². The van der Waals surface area contributed by atoms with Crippen LogP contribution in [0.15, 0.2) is 20.1 Å². The third kappa shape index (κ3) is 2.52. The fourth-order valence-electron chi connectivity index (χ4n) is 9.53. The van der Waals surface area contributed by atoms with Gasteiger partial charge in [0.15, 0.2) is 0 Å². The molecule has 8 atom stereocenters. The molecule has 6 bridgehead atoms.